The molecule has 0 spiro atoms. The molecular formula is C23H35N5O4. The van der Waals surface area contributed by atoms with Crippen LogP contribution < -0.4 is 19.7 Å². The van der Waals surface area contributed by atoms with Crippen LogP contribution in [0, 0.1) is 5.92 Å². The van der Waals surface area contributed by atoms with Crippen LogP contribution in [-0.4, -0.2) is 86.0 Å². The fourth-order valence-electron chi connectivity index (χ4n) is 5.15. The number of unbranched alkanes of at least 4 members (excludes halogenated alkanes) is 2. The maximum absolute atomic E-state index is 13.5. The van der Waals surface area contributed by atoms with Crippen LogP contribution in [0.2, 0.25) is 0 Å². The smallest absolute Gasteiger partial charge is 0.327 e. The minimum atomic E-state index is -0.404. The van der Waals surface area contributed by atoms with E-state index in [4.69, 9.17) is 9.47 Å². The molecule has 9 heteroatoms. The molecule has 1 N–H and O–H groups in total. The summed E-state index contributed by atoms with van der Waals surface area (Å²) < 4.78 is 11.0. The van der Waals surface area contributed by atoms with Crippen molar-refractivity contribution >= 4 is 17.6 Å². The van der Waals surface area contributed by atoms with Gasteiger partial charge < -0.3 is 19.3 Å². The van der Waals surface area contributed by atoms with Gasteiger partial charge in [-0.2, -0.15) is 0 Å². The zero-order valence-electron chi connectivity index (χ0n) is 19.7. The molecule has 3 aliphatic rings. The highest BCUT2D eigenvalue weighted by molar-refractivity contribution is 6.00. The van der Waals surface area contributed by atoms with Gasteiger partial charge in [0.2, 0.25) is 0 Å². The lowest BCUT2D eigenvalue weighted by Crippen LogP contribution is -2.66. The van der Waals surface area contributed by atoms with Crippen molar-refractivity contribution in [3.05, 3.63) is 18.2 Å². The van der Waals surface area contributed by atoms with Crippen molar-refractivity contribution in [1.29, 1.82) is 0 Å². The predicted molar refractivity (Wildman–Crippen MR) is 122 cm³/mol. The quantitative estimate of drug-likeness (QED) is 0.644. The van der Waals surface area contributed by atoms with Crippen molar-refractivity contribution in [2.75, 3.05) is 45.8 Å². The van der Waals surface area contributed by atoms with Crippen molar-refractivity contribution in [3.63, 3.8) is 0 Å². The lowest BCUT2D eigenvalue weighted by atomic mass is 10.0. The maximum Gasteiger partial charge on any atom is 0.327 e. The van der Waals surface area contributed by atoms with Gasteiger partial charge in [-0.05, 0) is 24.5 Å². The number of nitrogens with zero attached hydrogens (tertiary/aromatic N) is 4. The van der Waals surface area contributed by atoms with Crippen LogP contribution in [0.3, 0.4) is 0 Å². The molecule has 4 unspecified atom stereocenters. The molecule has 3 saturated heterocycles. The van der Waals surface area contributed by atoms with Gasteiger partial charge in [0.1, 0.15) is 30.0 Å². The van der Waals surface area contributed by atoms with Gasteiger partial charge >= 0.3 is 6.03 Å². The van der Waals surface area contributed by atoms with Gasteiger partial charge in [0.15, 0.2) is 0 Å². The second-order valence-corrected chi connectivity index (χ2v) is 9.01. The first-order chi connectivity index (χ1) is 15.4. The summed E-state index contributed by atoms with van der Waals surface area (Å²) in [5.74, 6) is 1.68. The van der Waals surface area contributed by atoms with Crippen LogP contribution >= 0.6 is 0 Å². The van der Waals surface area contributed by atoms with Crippen LogP contribution in [0.1, 0.15) is 33.1 Å². The van der Waals surface area contributed by atoms with Gasteiger partial charge in [-0.1, -0.05) is 26.7 Å². The number of fused-ring (bicyclic) bond motifs is 3. The minimum absolute atomic E-state index is 0.0973. The largest absolute Gasteiger partial charge is 0.497 e. The van der Waals surface area contributed by atoms with Crippen LogP contribution in [0.4, 0.5) is 10.5 Å². The summed E-state index contributed by atoms with van der Waals surface area (Å²) in [6.45, 7) is 6.37. The third-order valence-electron chi connectivity index (χ3n) is 6.77. The molecule has 4 rings (SSSR count). The Morgan fingerprint density at radius 3 is 2.59 bits per heavy atom. The lowest BCUT2D eigenvalue weighted by Gasteiger charge is -2.46. The zero-order valence-corrected chi connectivity index (χ0v) is 19.7. The van der Waals surface area contributed by atoms with Gasteiger partial charge in [-0.25, -0.2) is 4.79 Å². The van der Waals surface area contributed by atoms with Crippen LogP contribution in [0.5, 0.6) is 11.5 Å². The predicted octanol–water partition coefficient (Wildman–Crippen LogP) is 2.13. The van der Waals surface area contributed by atoms with E-state index < -0.39 is 6.04 Å². The summed E-state index contributed by atoms with van der Waals surface area (Å²) in [5.41, 5.74) is 0.933. The summed E-state index contributed by atoms with van der Waals surface area (Å²) in [4.78, 5) is 34.1. The number of methoxy groups -OCH3 is 2. The van der Waals surface area contributed by atoms with Crippen molar-refractivity contribution in [1.82, 2.24) is 20.0 Å². The number of carbonyl (C=O) groups excluding carboxylic acids is 2. The molecule has 9 nitrogen and oxygen atoms in total. The topological polar surface area (TPSA) is 77.6 Å². The van der Waals surface area contributed by atoms with Gasteiger partial charge in [-0.3, -0.25) is 19.9 Å². The van der Waals surface area contributed by atoms with Crippen molar-refractivity contribution in [3.8, 4) is 11.5 Å². The van der Waals surface area contributed by atoms with Crippen LogP contribution in [0.15, 0.2) is 18.2 Å². The molecule has 0 radical (unpaired) electrons. The molecular weight excluding hydrogens is 410 g/mol. The van der Waals surface area contributed by atoms with E-state index in [9.17, 15) is 9.59 Å². The molecule has 176 valence electrons. The van der Waals surface area contributed by atoms with E-state index in [0.29, 0.717) is 18.2 Å². The first-order valence-corrected chi connectivity index (χ1v) is 11.5. The number of rotatable bonds is 7. The Kier molecular flexibility index (Phi) is 6.48. The van der Waals surface area contributed by atoms with Gasteiger partial charge in [0.05, 0.1) is 19.9 Å². The standard InChI is InChI=1S/C23H35N5O4/c1-6-7-8-11-26-21(29)19-20(25(3)23(26)30)24-22-27(13-15(2)14-28(19)22)17-10-9-16(31-4)12-18(17)32-5/h9-10,12,15,19-20,22,24H,6-8,11,13-14H2,1-5H3. The number of benzene rings is 1. The molecule has 4 atom stereocenters. The molecule has 0 aromatic heterocycles. The number of carbonyl (C=O) groups is 2. The number of anilines is 1. The third-order valence-corrected chi connectivity index (χ3v) is 6.77. The second-order valence-electron chi connectivity index (χ2n) is 9.01. The molecule has 0 aliphatic carbocycles. The van der Waals surface area contributed by atoms with E-state index in [0.717, 1.165) is 43.8 Å². The Bertz CT molecular complexity index is 865. The Labute approximate surface area is 190 Å². The number of amides is 3. The molecule has 0 saturated carbocycles. The van der Waals surface area contributed by atoms with Crippen LogP contribution in [-0.2, 0) is 4.79 Å². The summed E-state index contributed by atoms with van der Waals surface area (Å²) >= 11 is 0. The van der Waals surface area contributed by atoms with E-state index in [1.54, 1.807) is 26.2 Å². The lowest BCUT2D eigenvalue weighted by molar-refractivity contribution is -0.138. The first kappa shape index (κ1) is 22.7. The molecule has 32 heavy (non-hydrogen) atoms. The Morgan fingerprint density at radius 2 is 1.91 bits per heavy atom. The third kappa shape index (κ3) is 3.77. The molecule has 3 heterocycles. The normalized spacial score (nSPS) is 28.1. The molecule has 3 fully saturated rings. The monoisotopic (exact) mass is 445 g/mol. The average molecular weight is 446 g/mol. The van der Waals surface area contributed by atoms with E-state index >= 15 is 0 Å². The second kappa shape index (κ2) is 9.15. The number of nitrogens with one attached hydrogen (secondary N) is 1. The summed E-state index contributed by atoms with van der Waals surface area (Å²) in [6, 6.07) is 5.16. The number of hydrogen-bond acceptors (Lipinski definition) is 7. The number of ether oxygens (including phenoxy) is 2. The Morgan fingerprint density at radius 1 is 1.12 bits per heavy atom. The Balaban J connectivity index is 1.65. The van der Waals surface area contributed by atoms with Crippen molar-refractivity contribution in [2.45, 2.75) is 51.6 Å². The zero-order chi connectivity index (χ0) is 23.0. The van der Waals surface area contributed by atoms with Crippen molar-refractivity contribution in [2.24, 2.45) is 5.92 Å². The maximum atomic E-state index is 13.5. The van der Waals surface area contributed by atoms with Gasteiger partial charge in [0.25, 0.3) is 5.91 Å². The van der Waals surface area contributed by atoms with E-state index in [1.165, 1.54) is 4.90 Å². The highest BCUT2D eigenvalue weighted by Crippen LogP contribution is 2.39. The summed E-state index contributed by atoms with van der Waals surface area (Å²) in [6.07, 6.45) is 2.31. The molecule has 1 aromatic carbocycles. The SMILES string of the molecule is CCCCCN1C(=O)C2C(NC3N(c4ccc(OC)cc4OC)CC(C)CN23)N(C)C1=O. The summed E-state index contributed by atoms with van der Waals surface area (Å²) in [5, 5.41) is 3.56. The minimum Gasteiger partial charge on any atom is -0.497 e. The van der Waals surface area contributed by atoms with Crippen molar-refractivity contribution < 1.29 is 19.1 Å². The first-order valence-electron chi connectivity index (χ1n) is 11.5. The van der Waals surface area contributed by atoms with Gasteiger partial charge in [0, 0.05) is 32.7 Å². The fraction of sp³-hybridized carbons (Fsp3) is 0.652. The average Bonchev–Trinajstić information content (AvgIpc) is 3.18. The highest BCUT2D eigenvalue weighted by Gasteiger charge is 2.56. The molecule has 1 aromatic rings. The van der Waals surface area contributed by atoms with E-state index in [-0.39, 0.29) is 24.4 Å². The number of likely N-dealkylation sites (N-methyl/N-ethyl adjacent to an activating group) is 1. The number of hydrogen-bond donors (Lipinski definition) is 1. The molecule has 3 amide bonds. The van der Waals surface area contributed by atoms with E-state index in [2.05, 4.69) is 29.0 Å². The van der Waals surface area contributed by atoms with E-state index in [1.807, 2.05) is 18.2 Å². The number of urea groups is 1. The number of imide groups is 1. The summed E-state index contributed by atoms with van der Waals surface area (Å²) in [7, 11) is 5.06. The fourth-order valence-corrected chi connectivity index (χ4v) is 5.15. The highest BCUT2D eigenvalue weighted by atomic mass is 16.5. The Hall–Kier alpha value is -2.52. The van der Waals surface area contributed by atoms with Gasteiger partial charge in [-0.15, -0.1) is 0 Å². The molecule has 0 bridgehead atoms. The molecule has 3 aliphatic heterocycles. The van der Waals surface area contributed by atoms with Crippen LogP contribution in [0.25, 0.3) is 0 Å².